The maximum absolute atomic E-state index is 14.7. The lowest BCUT2D eigenvalue weighted by Gasteiger charge is -2.35. The molecule has 28 heteroatoms. The second-order valence-corrected chi connectivity index (χ2v) is 25.5. The van der Waals surface area contributed by atoms with Gasteiger partial charge in [-0.3, -0.25) is 38.2 Å². The highest BCUT2D eigenvalue weighted by Gasteiger charge is 2.42. The number of para-hydroxylation sites is 3. The Bertz CT molecular complexity index is 3200. The van der Waals surface area contributed by atoms with Crippen molar-refractivity contribution < 1.29 is 61.9 Å². The summed E-state index contributed by atoms with van der Waals surface area (Å²) < 4.78 is 41.3. The molecule has 4 unspecified atom stereocenters. The van der Waals surface area contributed by atoms with E-state index in [1.54, 1.807) is 16.9 Å². The maximum Gasteiger partial charge on any atom is 0.320 e. The Labute approximate surface area is 527 Å². The van der Waals surface area contributed by atoms with Crippen molar-refractivity contribution in [3.05, 3.63) is 88.0 Å². The standard InChI is InChI=1S/C19H15FN2O4.C15H22ClNO2.C11H11Cl2NO2.C9H16ClN5.C5H12NO4P/c1-2-7-21-15-9-14(13(20)8-16(15)26-10-17(21)23)22-18(24)11-5-3-4-6-12(11)19(22)25;1-5-13-8-6-7-11(2)15(13)17(14(18)9-16)12(3)10-19-4;1-7-6-16-9-5-3-2-4-8(9)14(7)11(15)10(12)13;1-5-11-7-12-6(10)13-8(14-7)15-9(2,3)4;1-11(9,10)3-2-4(6)5(7)8/h1,8-9H,3-7,10H2;6-8,12H,5,9-10H2,1-4H3;2-5,7,10H,6H2,1H3;5H2,1-4H3,(H2,11,12,13,14,15);4H,2-3,6H2,1H3,(H,7,8)(H,9,10). The summed E-state index contributed by atoms with van der Waals surface area (Å²) in [7, 11) is -1.47. The van der Waals surface area contributed by atoms with E-state index >= 15 is 0 Å². The zero-order valence-electron chi connectivity index (χ0n) is 50.3. The molecule has 6 N–H and O–H groups in total. The summed E-state index contributed by atoms with van der Waals surface area (Å²) in [6.07, 6.45) is 8.89. The SMILES string of the molecule is C#CCN1C(=O)COc2cc(F)c(N3C(=O)C4=C(CCCC4)C3=O)cc21.CC1COc2ccccc2N1C(=O)C(Cl)Cl.CCNc1nc(Cl)nc(NC(C)(C)C)n1.CCc1cccc(C)c1N(C(=O)CCl)C(C)COC.CP(=O)(O)CCC(N)C(=O)O. The van der Waals surface area contributed by atoms with Gasteiger partial charge in [-0.25, -0.2) is 9.29 Å². The number of halogens is 5. The van der Waals surface area contributed by atoms with E-state index in [0.717, 1.165) is 59.3 Å². The number of hydrogen-bond donors (Lipinski definition) is 5. The zero-order chi connectivity index (χ0) is 65.1. The van der Waals surface area contributed by atoms with Gasteiger partial charge >= 0.3 is 5.97 Å². The lowest BCUT2D eigenvalue weighted by Crippen LogP contribution is -2.47. The first kappa shape index (κ1) is 72.9. The number of imide groups is 1. The van der Waals surface area contributed by atoms with Crippen LogP contribution in [0.1, 0.15) is 91.7 Å². The quantitative estimate of drug-likeness (QED) is 0.0302. The van der Waals surface area contributed by atoms with E-state index in [0.29, 0.717) is 54.8 Å². The van der Waals surface area contributed by atoms with Gasteiger partial charge in [-0.1, -0.05) is 66.4 Å². The second kappa shape index (κ2) is 33.7. The summed E-state index contributed by atoms with van der Waals surface area (Å²) in [6.45, 7) is 18.6. The zero-order valence-corrected chi connectivity index (χ0v) is 54.2. The number of ether oxygens (including phenoxy) is 3. The number of terminal acetylenes is 1. The number of aryl methyl sites for hydroxylation is 2. The summed E-state index contributed by atoms with van der Waals surface area (Å²) in [5.74, 6) is 0.500. The predicted molar refractivity (Wildman–Crippen MR) is 339 cm³/mol. The number of nitrogens with two attached hydrogens (primary N) is 1. The van der Waals surface area contributed by atoms with Crippen molar-refractivity contribution in [1.82, 2.24) is 15.0 Å². The number of amides is 5. The van der Waals surface area contributed by atoms with Gasteiger partial charge in [0.25, 0.3) is 23.6 Å². The normalized spacial score (nSPS) is 16.3. The van der Waals surface area contributed by atoms with Crippen LogP contribution in [0.2, 0.25) is 5.28 Å². The molecular weight excluding hydrogens is 1230 g/mol. The van der Waals surface area contributed by atoms with Gasteiger partial charge in [0.2, 0.25) is 23.1 Å². The Hall–Kier alpha value is -6.61. The van der Waals surface area contributed by atoms with Crippen LogP contribution in [0.25, 0.3) is 0 Å². The van der Waals surface area contributed by atoms with E-state index in [-0.39, 0.29) is 89.4 Å². The monoisotopic (exact) mass is 1310 g/mol. The lowest BCUT2D eigenvalue weighted by atomic mass is 9.93. The number of hydrogen-bond acceptors (Lipinski definition) is 16. The van der Waals surface area contributed by atoms with Crippen molar-refractivity contribution in [2.45, 2.75) is 122 Å². The van der Waals surface area contributed by atoms with Gasteiger partial charge in [0.1, 0.15) is 30.0 Å². The molecule has 0 saturated heterocycles. The Kier molecular flexibility index (Phi) is 28.2. The third-order valence-corrected chi connectivity index (χ3v) is 15.0. The van der Waals surface area contributed by atoms with E-state index in [2.05, 4.69) is 44.5 Å². The first-order chi connectivity index (χ1) is 40.9. The summed E-state index contributed by atoms with van der Waals surface area (Å²) in [4.78, 5) is 96.9. The van der Waals surface area contributed by atoms with Gasteiger partial charge in [-0.15, -0.1) is 18.0 Å². The van der Waals surface area contributed by atoms with E-state index in [1.807, 2.05) is 84.9 Å². The number of methoxy groups -OCH3 is 1. The number of carbonyl (C=O) groups excluding carboxylic acids is 5. The van der Waals surface area contributed by atoms with Crippen LogP contribution in [-0.2, 0) is 44.5 Å². The van der Waals surface area contributed by atoms with Crippen LogP contribution in [0, 0.1) is 25.1 Å². The minimum Gasteiger partial charge on any atom is -0.489 e. The number of rotatable bonds is 16. The van der Waals surface area contributed by atoms with Crippen molar-refractivity contribution in [2.75, 3.05) is 89.0 Å². The summed E-state index contributed by atoms with van der Waals surface area (Å²) in [5.41, 5.74) is 9.91. The molecule has 3 aliphatic heterocycles. The molecule has 3 aromatic carbocycles. The molecule has 22 nitrogen and oxygen atoms in total. The molecule has 0 saturated carbocycles. The van der Waals surface area contributed by atoms with E-state index in [1.165, 1.54) is 17.6 Å². The number of aliphatic carboxylic acids is 1. The maximum atomic E-state index is 14.7. The lowest BCUT2D eigenvalue weighted by molar-refractivity contribution is -0.138. The Morgan fingerprint density at radius 1 is 0.977 bits per heavy atom. The Balaban J connectivity index is 0.000000240. The molecule has 1 aromatic heterocycles. The first-order valence-electron chi connectivity index (χ1n) is 27.7. The average molecular weight is 1310 g/mol. The fourth-order valence-corrected chi connectivity index (χ4v) is 10.4. The van der Waals surface area contributed by atoms with Crippen molar-refractivity contribution in [2.24, 2.45) is 5.73 Å². The van der Waals surface area contributed by atoms with Gasteiger partial charge in [-0.05, 0) is 128 Å². The van der Waals surface area contributed by atoms with Crippen LogP contribution in [0.5, 0.6) is 11.5 Å². The highest BCUT2D eigenvalue weighted by atomic mass is 35.5. The summed E-state index contributed by atoms with van der Waals surface area (Å²) >= 11 is 22.8. The highest BCUT2D eigenvalue weighted by molar-refractivity contribution is 7.57. The molecule has 1 aliphatic carbocycles. The molecule has 4 aliphatic rings. The number of carbonyl (C=O) groups is 6. The van der Waals surface area contributed by atoms with Crippen molar-refractivity contribution in [3.8, 4) is 23.8 Å². The number of fused-ring (bicyclic) bond motifs is 2. The molecule has 87 heavy (non-hydrogen) atoms. The Morgan fingerprint density at radius 2 is 1.61 bits per heavy atom. The van der Waals surface area contributed by atoms with E-state index in [4.69, 9.17) is 82.8 Å². The second-order valence-electron chi connectivity index (χ2n) is 21.3. The molecule has 0 spiro atoms. The molecule has 0 radical (unpaired) electrons. The molecule has 5 amide bonds. The van der Waals surface area contributed by atoms with Crippen molar-refractivity contribution in [3.63, 3.8) is 0 Å². The smallest absolute Gasteiger partial charge is 0.320 e. The Morgan fingerprint density at radius 3 is 2.16 bits per heavy atom. The van der Waals surface area contributed by atoms with Crippen molar-refractivity contribution >= 4 is 124 Å². The third kappa shape index (κ3) is 20.7. The summed E-state index contributed by atoms with van der Waals surface area (Å²) in [5, 5.41) is 14.6. The number of anilines is 6. The highest BCUT2D eigenvalue weighted by Crippen LogP contribution is 2.42. The number of benzene rings is 3. The molecule has 0 fully saturated rings. The fraction of sp³-hybridized carbons (Fsp3) is 0.475. The molecule has 0 bridgehead atoms. The van der Waals surface area contributed by atoms with Gasteiger partial charge < -0.3 is 50.4 Å². The fourth-order valence-electron chi connectivity index (χ4n) is 9.15. The number of nitrogens with zero attached hydrogens (tertiary/aromatic N) is 7. The number of alkyl halides is 3. The molecule has 8 rings (SSSR count). The number of aromatic nitrogens is 3. The van der Waals surface area contributed by atoms with Crippen LogP contribution in [0.3, 0.4) is 0 Å². The van der Waals surface area contributed by atoms with Gasteiger partial charge in [0.15, 0.2) is 24.6 Å². The van der Waals surface area contributed by atoms with Gasteiger partial charge in [0, 0.05) is 49.2 Å². The van der Waals surface area contributed by atoms with Crippen LogP contribution < -0.4 is 45.4 Å². The first-order valence-corrected chi connectivity index (χ1v) is 31.8. The van der Waals surface area contributed by atoms with E-state index in [9.17, 15) is 37.7 Å². The predicted octanol–water partition coefficient (Wildman–Crippen LogP) is 9.55. The minimum atomic E-state index is -3.10. The molecular formula is C59H76Cl4FN10O12P. The average Bonchev–Trinajstić information content (AvgIpc) is 2.10. The number of carboxylic acids is 1. The van der Waals surface area contributed by atoms with Crippen LogP contribution in [0.15, 0.2) is 65.7 Å². The van der Waals surface area contributed by atoms with Crippen molar-refractivity contribution in [1.29, 1.82) is 0 Å². The number of nitrogens with one attached hydrogen (secondary N) is 2. The van der Waals surface area contributed by atoms with Gasteiger partial charge in [0.05, 0.1) is 48.0 Å². The molecule has 4 aromatic rings. The van der Waals surface area contributed by atoms with Crippen LogP contribution in [-0.4, -0.2) is 148 Å². The molecule has 474 valence electrons. The largest absolute Gasteiger partial charge is 0.489 e. The summed E-state index contributed by atoms with van der Waals surface area (Å²) in [6, 6.07) is 14.7. The molecule has 4 heterocycles. The van der Waals surface area contributed by atoms with Crippen LogP contribution >= 0.6 is 53.8 Å². The molecule has 4 atom stereocenters. The topological polar surface area (TPSA) is 289 Å². The minimum absolute atomic E-state index is 0.0170. The van der Waals surface area contributed by atoms with Crippen LogP contribution in [0.4, 0.5) is 39.0 Å². The van der Waals surface area contributed by atoms with E-state index < -0.39 is 41.8 Å². The van der Waals surface area contributed by atoms with Gasteiger partial charge in [-0.2, -0.15) is 15.0 Å². The third-order valence-electron chi connectivity index (χ3n) is 13.1. The number of carboxylic acid groups (broad SMARTS) is 1.